The predicted molar refractivity (Wildman–Crippen MR) is 92.9 cm³/mol. The SMILES string of the molecule is Cc1[nH]c(=O)c(C#N)c(C)c1CCC(=O)NCC(C)N1CCCC1. The summed E-state index contributed by atoms with van der Waals surface area (Å²) in [4.78, 5) is 28.9. The first kappa shape index (κ1) is 18.2. The van der Waals surface area contributed by atoms with Crippen molar-refractivity contribution in [2.24, 2.45) is 0 Å². The van der Waals surface area contributed by atoms with Gasteiger partial charge in [-0.1, -0.05) is 0 Å². The second kappa shape index (κ2) is 8.11. The van der Waals surface area contributed by atoms with E-state index < -0.39 is 0 Å². The van der Waals surface area contributed by atoms with Crippen molar-refractivity contribution in [1.82, 2.24) is 15.2 Å². The number of carbonyl (C=O) groups is 1. The van der Waals surface area contributed by atoms with E-state index in [1.54, 1.807) is 13.8 Å². The van der Waals surface area contributed by atoms with Gasteiger partial charge in [-0.25, -0.2) is 0 Å². The zero-order valence-electron chi connectivity index (χ0n) is 14.7. The number of rotatable bonds is 6. The number of pyridine rings is 1. The number of nitriles is 1. The van der Waals surface area contributed by atoms with Crippen molar-refractivity contribution in [1.29, 1.82) is 5.26 Å². The summed E-state index contributed by atoms with van der Waals surface area (Å²) in [6, 6.07) is 2.30. The fraction of sp³-hybridized carbons (Fsp3) is 0.611. The third-order valence-corrected chi connectivity index (χ3v) is 4.88. The van der Waals surface area contributed by atoms with Crippen LogP contribution >= 0.6 is 0 Å². The molecule has 2 N–H and O–H groups in total. The van der Waals surface area contributed by atoms with Crippen molar-refractivity contribution in [3.8, 4) is 6.07 Å². The highest BCUT2D eigenvalue weighted by atomic mass is 16.1. The third-order valence-electron chi connectivity index (χ3n) is 4.88. The number of aromatic nitrogens is 1. The van der Waals surface area contributed by atoms with E-state index in [0.29, 0.717) is 31.0 Å². The van der Waals surface area contributed by atoms with Crippen molar-refractivity contribution in [2.45, 2.75) is 52.5 Å². The van der Waals surface area contributed by atoms with E-state index in [-0.39, 0.29) is 17.0 Å². The van der Waals surface area contributed by atoms with Gasteiger partial charge in [-0.05, 0) is 64.3 Å². The van der Waals surface area contributed by atoms with Gasteiger partial charge >= 0.3 is 0 Å². The quantitative estimate of drug-likeness (QED) is 0.825. The van der Waals surface area contributed by atoms with Crippen LogP contribution in [0.4, 0.5) is 0 Å². The topological polar surface area (TPSA) is 89.0 Å². The molecule has 0 radical (unpaired) electrons. The number of H-pyrrole nitrogens is 1. The monoisotopic (exact) mass is 330 g/mol. The maximum absolute atomic E-state index is 12.1. The molecule has 1 aliphatic rings. The van der Waals surface area contributed by atoms with E-state index in [9.17, 15) is 9.59 Å². The average molecular weight is 330 g/mol. The van der Waals surface area contributed by atoms with Crippen LogP contribution in [0.25, 0.3) is 0 Å². The molecule has 0 spiro atoms. The number of aromatic amines is 1. The Bertz CT molecular complexity index is 696. The number of amides is 1. The molecule has 1 fully saturated rings. The van der Waals surface area contributed by atoms with Gasteiger partial charge in [-0.3, -0.25) is 14.5 Å². The van der Waals surface area contributed by atoms with Gasteiger partial charge < -0.3 is 10.3 Å². The lowest BCUT2D eigenvalue weighted by molar-refractivity contribution is -0.121. The molecule has 0 saturated carbocycles. The molecule has 6 heteroatoms. The van der Waals surface area contributed by atoms with Crippen molar-refractivity contribution in [2.75, 3.05) is 19.6 Å². The van der Waals surface area contributed by atoms with E-state index in [4.69, 9.17) is 5.26 Å². The molecule has 2 heterocycles. The molecule has 6 nitrogen and oxygen atoms in total. The van der Waals surface area contributed by atoms with E-state index in [2.05, 4.69) is 22.1 Å². The van der Waals surface area contributed by atoms with Crippen LogP contribution in [-0.4, -0.2) is 41.5 Å². The van der Waals surface area contributed by atoms with Gasteiger partial charge in [-0.15, -0.1) is 0 Å². The van der Waals surface area contributed by atoms with Crippen LogP contribution in [0.1, 0.15) is 48.6 Å². The second-order valence-corrected chi connectivity index (χ2v) is 6.57. The van der Waals surface area contributed by atoms with Crippen LogP contribution in [0, 0.1) is 25.2 Å². The van der Waals surface area contributed by atoms with E-state index in [1.165, 1.54) is 12.8 Å². The summed E-state index contributed by atoms with van der Waals surface area (Å²) < 4.78 is 0. The van der Waals surface area contributed by atoms with Crippen molar-refractivity contribution in [3.63, 3.8) is 0 Å². The summed E-state index contributed by atoms with van der Waals surface area (Å²) in [6.45, 7) is 8.60. The van der Waals surface area contributed by atoms with E-state index >= 15 is 0 Å². The first-order valence-electron chi connectivity index (χ1n) is 8.57. The molecule has 1 unspecified atom stereocenters. The van der Waals surface area contributed by atoms with Gasteiger partial charge in [0.15, 0.2) is 0 Å². The minimum Gasteiger partial charge on any atom is -0.355 e. The van der Waals surface area contributed by atoms with Gasteiger partial charge in [0.05, 0.1) is 0 Å². The molecule has 1 aromatic heterocycles. The van der Waals surface area contributed by atoms with Crippen LogP contribution in [-0.2, 0) is 11.2 Å². The first-order valence-corrected chi connectivity index (χ1v) is 8.57. The highest BCUT2D eigenvalue weighted by Crippen LogP contribution is 2.15. The minimum atomic E-state index is -0.361. The molecule has 1 saturated heterocycles. The van der Waals surface area contributed by atoms with Crippen LogP contribution < -0.4 is 10.9 Å². The zero-order chi connectivity index (χ0) is 17.7. The molecule has 0 aromatic carbocycles. The third kappa shape index (κ3) is 4.24. The van der Waals surface area contributed by atoms with Crippen molar-refractivity contribution < 1.29 is 4.79 Å². The molecule has 1 amide bonds. The summed E-state index contributed by atoms with van der Waals surface area (Å²) in [5.74, 6) is 0.00422. The standard InChI is InChI=1S/C18H26N4O2/c1-12(22-8-4-5-9-22)11-20-17(23)7-6-15-13(2)16(10-19)18(24)21-14(15)3/h12H,4-9,11H2,1-3H3,(H,20,23)(H,21,24). The first-order chi connectivity index (χ1) is 11.4. The lowest BCUT2D eigenvalue weighted by Crippen LogP contribution is -2.40. The molecule has 1 aromatic rings. The summed E-state index contributed by atoms with van der Waals surface area (Å²) in [5, 5.41) is 12.1. The highest BCUT2D eigenvalue weighted by Gasteiger charge is 2.18. The van der Waals surface area contributed by atoms with Crippen LogP contribution in [0.15, 0.2) is 4.79 Å². The number of hydrogen-bond acceptors (Lipinski definition) is 4. The van der Waals surface area contributed by atoms with Gasteiger partial charge in [-0.2, -0.15) is 5.26 Å². The number of nitrogens with one attached hydrogen (secondary N) is 2. The number of hydrogen-bond donors (Lipinski definition) is 2. The maximum Gasteiger partial charge on any atom is 0.266 e. The fourth-order valence-corrected chi connectivity index (χ4v) is 3.32. The Balaban J connectivity index is 1.90. The smallest absolute Gasteiger partial charge is 0.266 e. The Morgan fingerprint density at radius 2 is 2.04 bits per heavy atom. The Morgan fingerprint density at radius 1 is 1.38 bits per heavy atom. The van der Waals surface area contributed by atoms with E-state index in [1.807, 2.05) is 6.07 Å². The highest BCUT2D eigenvalue weighted by molar-refractivity contribution is 5.76. The average Bonchev–Trinajstić information content (AvgIpc) is 3.07. The van der Waals surface area contributed by atoms with Gasteiger partial charge in [0.1, 0.15) is 11.6 Å². The van der Waals surface area contributed by atoms with Crippen molar-refractivity contribution >= 4 is 5.91 Å². The number of nitrogens with zero attached hydrogens (tertiary/aromatic N) is 2. The van der Waals surface area contributed by atoms with Gasteiger partial charge in [0.25, 0.3) is 5.56 Å². The largest absolute Gasteiger partial charge is 0.355 e. The minimum absolute atomic E-state index is 0.00422. The van der Waals surface area contributed by atoms with Gasteiger partial charge in [0, 0.05) is 24.7 Å². The molecule has 130 valence electrons. The van der Waals surface area contributed by atoms with Crippen LogP contribution in [0.2, 0.25) is 0 Å². The predicted octanol–water partition coefficient (Wildman–Crippen LogP) is 1.40. The lowest BCUT2D eigenvalue weighted by Gasteiger charge is -2.23. The fourth-order valence-electron chi connectivity index (χ4n) is 3.32. The number of carbonyl (C=O) groups excluding carboxylic acids is 1. The Hall–Kier alpha value is -2.13. The Morgan fingerprint density at radius 3 is 2.67 bits per heavy atom. The molecular formula is C18H26N4O2. The van der Waals surface area contributed by atoms with E-state index in [0.717, 1.165) is 24.3 Å². The maximum atomic E-state index is 12.1. The summed E-state index contributed by atoms with van der Waals surface area (Å²) in [5.41, 5.74) is 2.07. The lowest BCUT2D eigenvalue weighted by atomic mass is 9.99. The molecule has 1 atom stereocenters. The second-order valence-electron chi connectivity index (χ2n) is 6.57. The molecule has 0 aliphatic carbocycles. The van der Waals surface area contributed by atoms with Crippen LogP contribution in [0.5, 0.6) is 0 Å². The molecular weight excluding hydrogens is 304 g/mol. The molecule has 0 bridgehead atoms. The summed E-state index contributed by atoms with van der Waals surface area (Å²) >= 11 is 0. The zero-order valence-corrected chi connectivity index (χ0v) is 14.7. The Labute approximate surface area is 142 Å². The van der Waals surface area contributed by atoms with Gasteiger partial charge in [0.2, 0.25) is 5.91 Å². The molecule has 2 rings (SSSR count). The molecule has 24 heavy (non-hydrogen) atoms. The van der Waals surface area contributed by atoms with Crippen LogP contribution in [0.3, 0.4) is 0 Å². The molecule has 1 aliphatic heterocycles. The van der Waals surface area contributed by atoms with Crippen molar-refractivity contribution in [3.05, 3.63) is 32.7 Å². The summed E-state index contributed by atoms with van der Waals surface area (Å²) in [6.07, 6.45) is 3.35. The normalized spacial score (nSPS) is 15.9. The number of likely N-dealkylation sites (tertiary alicyclic amines) is 1. The number of aryl methyl sites for hydroxylation is 1. The summed E-state index contributed by atoms with van der Waals surface area (Å²) in [7, 11) is 0. The Kier molecular flexibility index (Phi) is 6.16.